The number of Topliss-reactive ketones (excluding diaryl/α,β-unsaturated/α-hetero) is 1. The van der Waals surface area contributed by atoms with Gasteiger partial charge in [-0.1, -0.05) is 61.9 Å². The fraction of sp³-hybridized carbons (Fsp3) is 0.348. The van der Waals surface area contributed by atoms with Crippen LogP contribution in [0.1, 0.15) is 48.5 Å². The second-order valence-electron chi connectivity index (χ2n) is 6.53. The number of aryl methyl sites for hydroxylation is 2. The number of nitrogens with two attached hydrogens (primary N) is 1. The Bertz CT molecular complexity index is 805. The number of para-hydroxylation sites is 1. The average molecular weight is 351 g/mol. The molecule has 3 nitrogen and oxygen atoms in total. The second-order valence-corrected chi connectivity index (χ2v) is 6.53. The van der Waals surface area contributed by atoms with Crippen molar-refractivity contribution in [2.75, 3.05) is 6.54 Å². The molecular weight excluding hydrogens is 320 g/mol. The molecule has 0 aliphatic carbocycles. The van der Waals surface area contributed by atoms with Crippen LogP contribution in [0.4, 0.5) is 0 Å². The van der Waals surface area contributed by atoms with Crippen LogP contribution in [0.3, 0.4) is 0 Å². The number of benzene rings is 2. The first kappa shape index (κ1) is 19.9. The lowest BCUT2D eigenvalue weighted by Gasteiger charge is -1.99. The van der Waals surface area contributed by atoms with E-state index in [1.807, 2.05) is 48.1 Å². The quantitative estimate of drug-likeness (QED) is 0.474. The van der Waals surface area contributed by atoms with Crippen molar-refractivity contribution in [1.82, 2.24) is 4.57 Å². The lowest BCUT2D eigenvalue weighted by Crippen LogP contribution is -2.01. The van der Waals surface area contributed by atoms with Crippen LogP contribution in [0.25, 0.3) is 10.9 Å². The smallest absolute Gasteiger partial charge is 0.165 e. The third-order valence-electron chi connectivity index (χ3n) is 4.56. The number of fused-ring (bicyclic) bond motifs is 1. The Morgan fingerprint density at radius 3 is 2.31 bits per heavy atom. The average Bonchev–Trinajstić information content (AvgIpc) is 3.03. The Morgan fingerprint density at radius 2 is 1.65 bits per heavy atom. The minimum absolute atomic E-state index is 0.240. The maximum atomic E-state index is 12.2. The highest BCUT2D eigenvalue weighted by molar-refractivity contribution is 6.08. The number of rotatable bonds is 7. The van der Waals surface area contributed by atoms with Gasteiger partial charge in [0.1, 0.15) is 0 Å². The normalized spacial score (nSPS) is 10.4. The number of ketones is 1. The first-order valence-corrected chi connectivity index (χ1v) is 9.48. The van der Waals surface area contributed by atoms with Crippen LogP contribution < -0.4 is 5.73 Å². The lowest BCUT2D eigenvalue weighted by atomic mass is 10.0. The lowest BCUT2D eigenvalue weighted by molar-refractivity contribution is 0.0980. The first-order valence-electron chi connectivity index (χ1n) is 9.48. The summed E-state index contributed by atoms with van der Waals surface area (Å²) in [6.07, 6.45) is 6.67. The van der Waals surface area contributed by atoms with E-state index < -0.39 is 0 Å². The van der Waals surface area contributed by atoms with Crippen LogP contribution in [0.5, 0.6) is 0 Å². The summed E-state index contributed by atoms with van der Waals surface area (Å²) >= 11 is 0. The molecular formula is C23H30N2O. The molecule has 3 rings (SSSR count). The molecule has 0 spiro atoms. The van der Waals surface area contributed by atoms with Gasteiger partial charge in [0.05, 0.1) is 0 Å². The topological polar surface area (TPSA) is 48.0 Å². The number of unbranched alkanes of at least 4 members (excludes halogenated alkanes) is 2. The van der Waals surface area contributed by atoms with E-state index in [0.29, 0.717) is 13.0 Å². The van der Waals surface area contributed by atoms with E-state index in [9.17, 15) is 4.79 Å². The van der Waals surface area contributed by atoms with Crippen molar-refractivity contribution in [3.63, 3.8) is 0 Å². The third-order valence-corrected chi connectivity index (χ3v) is 4.56. The monoisotopic (exact) mass is 350 g/mol. The molecule has 0 aliphatic heterocycles. The summed E-state index contributed by atoms with van der Waals surface area (Å²) in [5.74, 6) is 0.240. The van der Waals surface area contributed by atoms with Crippen LogP contribution >= 0.6 is 0 Å². The van der Waals surface area contributed by atoms with Crippen LogP contribution in [0.2, 0.25) is 0 Å². The van der Waals surface area contributed by atoms with Gasteiger partial charge in [-0.3, -0.25) is 4.79 Å². The maximum absolute atomic E-state index is 12.2. The van der Waals surface area contributed by atoms with E-state index in [4.69, 9.17) is 5.73 Å². The zero-order valence-corrected chi connectivity index (χ0v) is 15.9. The SMILES string of the molecule is CCc1ccccc1.Cn1cc(C(=O)CCCCCN)c2ccccc21. The van der Waals surface area contributed by atoms with Crippen LogP contribution in [0.15, 0.2) is 60.8 Å². The van der Waals surface area contributed by atoms with Gasteiger partial charge in [0, 0.05) is 36.1 Å². The highest BCUT2D eigenvalue weighted by Crippen LogP contribution is 2.22. The highest BCUT2D eigenvalue weighted by Gasteiger charge is 2.12. The van der Waals surface area contributed by atoms with E-state index >= 15 is 0 Å². The number of carbonyl (C=O) groups is 1. The van der Waals surface area contributed by atoms with Gasteiger partial charge in [-0.25, -0.2) is 0 Å². The Morgan fingerprint density at radius 1 is 0.962 bits per heavy atom. The molecule has 138 valence electrons. The molecule has 3 heteroatoms. The molecule has 26 heavy (non-hydrogen) atoms. The largest absolute Gasteiger partial charge is 0.350 e. The third kappa shape index (κ3) is 5.57. The van der Waals surface area contributed by atoms with Gasteiger partial charge in [0.25, 0.3) is 0 Å². The minimum Gasteiger partial charge on any atom is -0.350 e. The Kier molecular flexibility index (Phi) is 8.10. The van der Waals surface area contributed by atoms with Crippen molar-refractivity contribution < 1.29 is 4.79 Å². The molecule has 3 aromatic rings. The van der Waals surface area contributed by atoms with E-state index in [1.165, 1.54) is 5.56 Å². The highest BCUT2D eigenvalue weighted by atomic mass is 16.1. The van der Waals surface area contributed by atoms with Crippen molar-refractivity contribution in [3.8, 4) is 0 Å². The van der Waals surface area contributed by atoms with Crippen LogP contribution in [-0.2, 0) is 13.5 Å². The van der Waals surface area contributed by atoms with Gasteiger partial charge in [-0.15, -0.1) is 0 Å². The Balaban J connectivity index is 0.000000254. The van der Waals surface area contributed by atoms with E-state index in [2.05, 4.69) is 31.2 Å². The molecule has 0 radical (unpaired) electrons. The molecule has 0 saturated heterocycles. The predicted molar refractivity (Wildman–Crippen MR) is 111 cm³/mol. The molecule has 1 heterocycles. The molecule has 0 fully saturated rings. The summed E-state index contributed by atoms with van der Waals surface area (Å²) in [4.78, 5) is 12.2. The molecule has 0 amide bonds. The van der Waals surface area contributed by atoms with Crippen molar-refractivity contribution in [2.45, 2.75) is 39.0 Å². The minimum atomic E-state index is 0.240. The summed E-state index contributed by atoms with van der Waals surface area (Å²) in [7, 11) is 1.98. The molecule has 0 bridgehead atoms. The first-order chi connectivity index (χ1) is 12.7. The second kappa shape index (κ2) is 10.6. The van der Waals surface area contributed by atoms with Gasteiger partial charge in [0.2, 0.25) is 0 Å². The van der Waals surface area contributed by atoms with Crippen molar-refractivity contribution in [1.29, 1.82) is 0 Å². The maximum Gasteiger partial charge on any atom is 0.165 e. The number of hydrogen-bond donors (Lipinski definition) is 1. The van der Waals surface area contributed by atoms with Gasteiger partial charge >= 0.3 is 0 Å². The van der Waals surface area contributed by atoms with E-state index in [1.54, 1.807) is 0 Å². The summed E-state index contributed by atoms with van der Waals surface area (Å²) in [5.41, 5.74) is 8.82. The van der Waals surface area contributed by atoms with Crippen LogP contribution in [-0.4, -0.2) is 16.9 Å². The molecule has 2 N–H and O–H groups in total. The zero-order chi connectivity index (χ0) is 18.8. The molecule has 0 saturated carbocycles. The number of nitrogens with zero attached hydrogens (tertiary/aromatic N) is 1. The van der Waals surface area contributed by atoms with E-state index in [-0.39, 0.29) is 5.78 Å². The van der Waals surface area contributed by atoms with Gasteiger partial charge in [-0.05, 0) is 37.4 Å². The van der Waals surface area contributed by atoms with Crippen molar-refractivity contribution >= 4 is 16.7 Å². The summed E-state index contributed by atoms with van der Waals surface area (Å²) in [6.45, 7) is 2.87. The summed E-state index contributed by atoms with van der Waals surface area (Å²) in [5, 5.41) is 1.06. The van der Waals surface area contributed by atoms with Gasteiger partial charge in [-0.2, -0.15) is 0 Å². The van der Waals surface area contributed by atoms with Gasteiger partial charge in [0.15, 0.2) is 5.78 Å². The molecule has 0 atom stereocenters. The molecule has 0 aliphatic rings. The summed E-state index contributed by atoms with van der Waals surface area (Å²) < 4.78 is 2.02. The predicted octanol–water partition coefficient (Wildman–Crippen LogP) is 5.13. The standard InChI is InChI=1S/C15H20N2O.C8H10/c1-17-11-13(12-7-4-5-8-14(12)17)15(18)9-3-2-6-10-16;1-2-8-6-4-3-5-7-8/h4-5,7-8,11H,2-3,6,9-10,16H2,1H3;3-7H,2H2,1H3. The fourth-order valence-electron chi connectivity index (χ4n) is 3.02. The number of hydrogen-bond acceptors (Lipinski definition) is 2. The number of carbonyl (C=O) groups excluding carboxylic acids is 1. The van der Waals surface area contributed by atoms with E-state index in [0.717, 1.165) is 42.1 Å². The van der Waals surface area contributed by atoms with Crippen molar-refractivity contribution in [2.24, 2.45) is 12.8 Å². The number of aromatic nitrogens is 1. The molecule has 1 aromatic heterocycles. The molecule has 0 unspecified atom stereocenters. The van der Waals surface area contributed by atoms with Gasteiger partial charge < -0.3 is 10.3 Å². The summed E-state index contributed by atoms with van der Waals surface area (Å²) in [6, 6.07) is 18.5. The molecule has 2 aromatic carbocycles. The Labute approximate surface area is 156 Å². The van der Waals surface area contributed by atoms with Crippen molar-refractivity contribution in [3.05, 3.63) is 71.9 Å². The fourth-order valence-corrected chi connectivity index (χ4v) is 3.02. The zero-order valence-electron chi connectivity index (χ0n) is 15.9. The Hall–Kier alpha value is -2.39. The van der Waals surface area contributed by atoms with Crippen LogP contribution in [0, 0.1) is 0 Å².